The van der Waals surface area contributed by atoms with Crippen LogP contribution in [0.1, 0.15) is 6.92 Å². The van der Waals surface area contributed by atoms with E-state index < -0.39 is 0 Å². The lowest BCUT2D eigenvalue weighted by atomic mass is 10.6. The van der Waals surface area contributed by atoms with Crippen LogP contribution in [0.5, 0.6) is 0 Å². The van der Waals surface area contributed by atoms with Crippen LogP contribution in [0.25, 0.3) is 0 Å². The van der Waals surface area contributed by atoms with Crippen molar-refractivity contribution in [2.45, 2.75) is 6.92 Å². The minimum absolute atomic E-state index is 0.778. The minimum atomic E-state index is 0.778. The standard InChI is InChI=1S/C4H8O2.C3H6/c1-2-6-4-3-5-1;1-3-2/h1-4H2;3H,1H2,2H3. The zero-order valence-electron chi connectivity index (χ0n) is 5.93. The molecule has 0 aromatic rings. The highest BCUT2D eigenvalue weighted by molar-refractivity contribution is 4.51. The monoisotopic (exact) mass is 130 g/mol. The highest BCUT2D eigenvalue weighted by atomic mass is 16.6. The first-order chi connectivity index (χ1) is 4.41. The summed E-state index contributed by atoms with van der Waals surface area (Å²) in [4.78, 5) is 0. The second-order valence-corrected chi connectivity index (χ2v) is 1.63. The topological polar surface area (TPSA) is 18.5 Å². The summed E-state index contributed by atoms with van der Waals surface area (Å²) in [5.41, 5.74) is 0. The van der Waals surface area contributed by atoms with Crippen LogP contribution in [0.4, 0.5) is 0 Å². The molecule has 1 aliphatic rings. The molecule has 2 heteroatoms. The third kappa shape index (κ3) is 7.66. The van der Waals surface area contributed by atoms with Gasteiger partial charge in [0, 0.05) is 0 Å². The molecule has 0 aromatic heterocycles. The van der Waals surface area contributed by atoms with Crippen molar-refractivity contribution in [2.24, 2.45) is 0 Å². The largest absolute Gasteiger partial charge is 0.377 e. The van der Waals surface area contributed by atoms with Gasteiger partial charge in [0.05, 0.1) is 26.4 Å². The van der Waals surface area contributed by atoms with E-state index in [4.69, 9.17) is 9.47 Å². The smallest absolute Gasteiger partial charge is 0.0701 e. The van der Waals surface area contributed by atoms with Gasteiger partial charge in [0.15, 0.2) is 0 Å². The van der Waals surface area contributed by atoms with E-state index in [1.165, 1.54) is 0 Å². The van der Waals surface area contributed by atoms with Crippen LogP contribution in [0.3, 0.4) is 0 Å². The van der Waals surface area contributed by atoms with Gasteiger partial charge in [0.25, 0.3) is 0 Å². The molecule has 0 radical (unpaired) electrons. The molecule has 1 rings (SSSR count). The molecule has 0 spiro atoms. The SMILES string of the molecule is C1COCCO1.C=CC. The summed E-state index contributed by atoms with van der Waals surface area (Å²) < 4.78 is 9.89. The molecule has 0 atom stereocenters. The quantitative estimate of drug-likeness (QED) is 0.459. The van der Waals surface area contributed by atoms with Crippen molar-refractivity contribution < 1.29 is 9.47 Å². The van der Waals surface area contributed by atoms with Gasteiger partial charge >= 0.3 is 0 Å². The van der Waals surface area contributed by atoms with Crippen molar-refractivity contribution >= 4 is 0 Å². The number of allylic oxidation sites excluding steroid dienone is 1. The summed E-state index contributed by atoms with van der Waals surface area (Å²) in [6.07, 6.45) is 1.75. The van der Waals surface area contributed by atoms with Crippen LogP contribution < -0.4 is 0 Å². The first-order valence-corrected chi connectivity index (χ1v) is 3.14. The molecule has 0 aliphatic carbocycles. The zero-order chi connectivity index (χ0) is 6.95. The lowest BCUT2D eigenvalue weighted by Crippen LogP contribution is -2.16. The Bertz CT molecular complexity index is 46.4. The predicted molar refractivity (Wildman–Crippen MR) is 37.5 cm³/mol. The second-order valence-electron chi connectivity index (χ2n) is 1.63. The zero-order valence-corrected chi connectivity index (χ0v) is 5.93. The summed E-state index contributed by atoms with van der Waals surface area (Å²) in [6, 6.07) is 0. The van der Waals surface area contributed by atoms with Crippen molar-refractivity contribution in [1.29, 1.82) is 0 Å². The molecule has 1 heterocycles. The van der Waals surface area contributed by atoms with Crippen LogP contribution in [-0.4, -0.2) is 26.4 Å². The van der Waals surface area contributed by atoms with E-state index in [0.717, 1.165) is 26.4 Å². The van der Waals surface area contributed by atoms with E-state index in [0.29, 0.717) is 0 Å². The average Bonchev–Trinajstić information content (AvgIpc) is 1.93. The van der Waals surface area contributed by atoms with Crippen LogP contribution in [0.15, 0.2) is 12.7 Å². The fraction of sp³-hybridized carbons (Fsp3) is 0.714. The van der Waals surface area contributed by atoms with Gasteiger partial charge in [-0.25, -0.2) is 0 Å². The maximum absolute atomic E-state index is 4.94. The summed E-state index contributed by atoms with van der Waals surface area (Å²) in [6.45, 7) is 8.36. The van der Waals surface area contributed by atoms with Gasteiger partial charge in [-0.1, -0.05) is 6.08 Å². The van der Waals surface area contributed by atoms with Gasteiger partial charge in [-0.3, -0.25) is 0 Å². The van der Waals surface area contributed by atoms with Crippen LogP contribution >= 0.6 is 0 Å². The minimum Gasteiger partial charge on any atom is -0.377 e. The highest BCUT2D eigenvalue weighted by Crippen LogP contribution is 1.85. The van der Waals surface area contributed by atoms with E-state index in [1.54, 1.807) is 6.08 Å². The normalized spacial score (nSPS) is 17.4. The molecule has 0 bridgehead atoms. The van der Waals surface area contributed by atoms with Crippen molar-refractivity contribution in [3.63, 3.8) is 0 Å². The Hall–Kier alpha value is -0.340. The molecular weight excluding hydrogens is 116 g/mol. The Labute approximate surface area is 56.5 Å². The van der Waals surface area contributed by atoms with Crippen molar-refractivity contribution in [2.75, 3.05) is 26.4 Å². The first kappa shape index (κ1) is 8.66. The molecule has 0 N–H and O–H groups in total. The van der Waals surface area contributed by atoms with Crippen LogP contribution in [0.2, 0.25) is 0 Å². The predicted octanol–water partition coefficient (Wildman–Crippen LogP) is 1.23. The molecule has 2 nitrogen and oxygen atoms in total. The van der Waals surface area contributed by atoms with Gasteiger partial charge in [-0.05, 0) is 6.92 Å². The van der Waals surface area contributed by atoms with Crippen molar-refractivity contribution in [1.82, 2.24) is 0 Å². The Morgan fingerprint density at radius 1 is 1.11 bits per heavy atom. The highest BCUT2D eigenvalue weighted by Gasteiger charge is 1.94. The molecule has 9 heavy (non-hydrogen) atoms. The van der Waals surface area contributed by atoms with Gasteiger partial charge < -0.3 is 9.47 Å². The maximum Gasteiger partial charge on any atom is 0.0701 e. The van der Waals surface area contributed by atoms with Gasteiger partial charge in [0.2, 0.25) is 0 Å². The number of hydrogen-bond donors (Lipinski definition) is 0. The third-order valence-electron chi connectivity index (χ3n) is 0.744. The molecular formula is C7H14O2. The molecule has 0 saturated carbocycles. The van der Waals surface area contributed by atoms with E-state index in [2.05, 4.69) is 6.58 Å². The molecule has 0 aromatic carbocycles. The molecule has 1 saturated heterocycles. The van der Waals surface area contributed by atoms with Crippen molar-refractivity contribution in [3.8, 4) is 0 Å². The number of ether oxygens (including phenoxy) is 2. The van der Waals surface area contributed by atoms with Gasteiger partial charge in [0.1, 0.15) is 0 Å². The molecule has 54 valence electrons. The van der Waals surface area contributed by atoms with E-state index in [-0.39, 0.29) is 0 Å². The molecule has 1 aliphatic heterocycles. The third-order valence-corrected chi connectivity index (χ3v) is 0.744. The van der Waals surface area contributed by atoms with E-state index in [1.807, 2.05) is 6.92 Å². The van der Waals surface area contributed by atoms with E-state index >= 15 is 0 Å². The number of rotatable bonds is 0. The molecule has 1 fully saturated rings. The molecule has 0 amide bonds. The van der Waals surface area contributed by atoms with E-state index in [9.17, 15) is 0 Å². The second kappa shape index (κ2) is 7.66. The molecule has 0 unspecified atom stereocenters. The van der Waals surface area contributed by atoms with Crippen LogP contribution in [-0.2, 0) is 9.47 Å². The maximum atomic E-state index is 4.94. The lowest BCUT2D eigenvalue weighted by Gasteiger charge is -2.09. The fourth-order valence-electron chi connectivity index (χ4n) is 0.440. The summed E-state index contributed by atoms with van der Waals surface area (Å²) >= 11 is 0. The first-order valence-electron chi connectivity index (χ1n) is 3.14. The van der Waals surface area contributed by atoms with Crippen molar-refractivity contribution in [3.05, 3.63) is 12.7 Å². The Balaban J connectivity index is 0.000000187. The number of hydrogen-bond acceptors (Lipinski definition) is 2. The summed E-state index contributed by atoms with van der Waals surface area (Å²) in [7, 11) is 0. The fourth-order valence-corrected chi connectivity index (χ4v) is 0.440. The average molecular weight is 130 g/mol. The van der Waals surface area contributed by atoms with Gasteiger partial charge in [-0.15, -0.1) is 6.58 Å². The lowest BCUT2D eigenvalue weighted by molar-refractivity contribution is -0.0334. The van der Waals surface area contributed by atoms with Gasteiger partial charge in [-0.2, -0.15) is 0 Å². The Morgan fingerprint density at radius 3 is 1.44 bits per heavy atom. The van der Waals surface area contributed by atoms with Crippen LogP contribution in [0, 0.1) is 0 Å². The summed E-state index contributed by atoms with van der Waals surface area (Å²) in [5.74, 6) is 0. The Kier molecular flexibility index (Phi) is 7.37. The Morgan fingerprint density at radius 2 is 1.33 bits per heavy atom. The summed E-state index contributed by atoms with van der Waals surface area (Å²) in [5, 5.41) is 0.